The molecule has 0 saturated carbocycles. The third-order valence-corrected chi connectivity index (χ3v) is 0. The average Bonchev–Trinajstić information content (AvgIpc) is 0. The Bertz CT molecular complexity index is 8.00. The van der Waals surface area contributed by atoms with Crippen LogP contribution in [0.15, 0.2) is 0 Å². The zero-order chi connectivity index (χ0) is 0. The summed E-state index contributed by atoms with van der Waals surface area (Å²) < 4.78 is 0. The van der Waals surface area contributed by atoms with Crippen LogP contribution in [0.3, 0.4) is 0 Å². The summed E-state index contributed by atoms with van der Waals surface area (Å²) in [5.41, 5.74) is 0. The van der Waals surface area contributed by atoms with E-state index in [9.17, 15) is 0 Å². The topological polar surface area (TPSA) is 0 Å². The van der Waals surface area contributed by atoms with Gasteiger partial charge in [0.1, 0.15) is 0 Å². The summed E-state index contributed by atoms with van der Waals surface area (Å²) in [5, 5.41) is 0. The molecule has 0 aliphatic rings. The minimum atomic E-state index is 0. The predicted octanol–water partition coefficient (Wildman–Crippen LogP) is -0.0100. The van der Waals surface area contributed by atoms with Crippen molar-refractivity contribution in [3.63, 3.8) is 0 Å². The van der Waals surface area contributed by atoms with E-state index in [1.165, 1.54) is 0 Å². The van der Waals surface area contributed by atoms with Gasteiger partial charge in [-0.3, -0.25) is 0 Å². The van der Waals surface area contributed by atoms with E-state index >= 15 is 0 Å². The van der Waals surface area contributed by atoms with Gasteiger partial charge in [-0.25, -0.2) is 0 Å². The van der Waals surface area contributed by atoms with Gasteiger partial charge in [0.05, 0.1) is 0 Å². The molecular formula is CuMoNbV. The van der Waals surface area contributed by atoms with Crippen molar-refractivity contribution < 1.29 is 79.1 Å². The van der Waals surface area contributed by atoms with E-state index in [0.717, 1.165) is 0 Å². The Kier molecular flexibility index (Phi) is 138. The SMILES string of the molecule is [Cu].[Mo].[Nb].[V]. The van der Waals surface area contributed by atoms with Gasteiger partial charge in [0, 0.05) is 79.1 Å². The first-order chi connectivity index (χ1) is 0. The van der Waals surface area contributed by atoms with E-state index in [4.69, 9.17) is 0 Å². The van der Waals surface area contributed by atoms with Gasteiger partial charge in [-0.05, 0) is 0 Å². The van der Waals surface area contributed by atoms with Crippen LogP contribution in [-0.2, 0) is 79.1 Å². The Labute approximate surface area is 78.0 Å². The van der Waals surface area contributed by atoms with Crippen LogP contribution in [0, 0.1) is 0 Å². The molecule has 0 aliphatic heterocycles. The van der Waals surface area contributed by atoms with Gasteiger partial charge in [-0.15, -0.1) is 0 Å². The first kappa shape index (κ1) is 31.2. The Balaban J connectivity index is 0. The van der Waals surface area contributed by atoms with Crippen molar-refractivity contribution in [3.8, 4) is 0 Å². The maximum absolute atomic E-state index is 0. The average molecular weight is 303 g/mol. The van der Waals surface area contributed by atoms with Crippen LogP contribution in [0.25, 0.3) is 0 Å². The molecule has 0 aromatic rings. The molecular weight excluding hydrogens is 303 g/mol. The molecule has 0 bridgehead atoms. The molecule has 4 heavy (non-hydrogen) atoms. The Hall–Kier alpha value is 2.53. The van der Waals surface area contributed by atoms with Crippen molar-refractivity contribution in [1.82, 2.24) is 0 Å². The van der Waals surface area contributed by atoms with Crippen molar-refractivity contribution >= 4 is 0 Å². The maximum Gasteiger partial charge on any atom is 0 e. The number of hydrogen-bond donors (Lipinski definition) is 0. The maximum atomic E-state index is 0. The molecule has 0 N–H and O–H groups in total. The largest absolute Gasteiger partial charge is 0 e. The van der Waals surface area contributed by atoms with Gasteiger partial charge in [0.25, 0.3) is 0 Å². The first-order valence-corrected chi connectivity index (χ1v) is 0. The van der Waals surface area contributed by atoms with Crippen molar-refractivity contribution in [2.24, 2.45) is 0 Å². The van der Waals surface area contributed by atoms with Gasteiger partial charge in [-0.2, -0.15) is 0 Å². The summed E-state index contributed by atoms with van der Waals surface area (Å²) in [4.78, 5) is 0. The molecule has 0 saturated heterocycles. The third-order valence-electron chi connectivity index (χ3n) is 0. The van der Waals surface area contributed by atoms with E-state index in [1.807, 2.05) is 0 Å². The second-order valence-electron chi connectivity index (χ2n) is 0. The summed E-state index contributed by atoms with van der Waals surface area (Å²) in [7, 11) is 0. The molecule has 0 aromatic heterocycles. The molecule has 0 fully saturated rings. The van der Waals surface area contributed by atoms with E-state index < -0.39 is 0 Å². The fraction of sp³-hybridized carbons (Fsp3) is 0. The molecule has 0 aromatic carbocycles. The molecule has 0 nitrogen and oxygen atoms in total. The third kappa shape index (κ3) is 8.82. The van der Waals surface area contributed by atoms with E-state index in [2.05, 4.69) is 0 Å². The molecule has 3 radical (unpaired) electrons. The fourth-order valence-electron chi connectivity index (χ4n) is 0. The summed E-state index contributed by atoms with van der Waals surface area (Å²) in [5.74, 6) is 0. The van der Waals surface area contributed by atoms with E-state index in [0.29, 0.717) is 0 Å². The van der Waals surface area contributed by atoms with Crippen molar-refractivity contribution in [3.05, 3.63) is 0 Å². The van der Waals surface area contributed by atoms with Crippen molar-refractivity contribution in [2.75, 3.05) is 0 Å². The van der Waals surface area contributed by atoms with Crippen LogP contribution >= 0.6 is 0 Å². The number of rotatable bonds is 0. The molecule has 0 unspecified atom stereocenters. The van der Waals surface area contributed by atoms with Gasteiger partial charge in [0.2, 0.25) is 0 Å². The molecule has 0 aliphatic carbocycles. The van der Waals surface area contributed by atoms with Gasteiger partial charge < -0.3 is 0 Å². The van der Waals surface area contributed by atoms with Crippen molar-refractivity contribution in [1.29, 1.82) is 0 Å². The minimum Gasteiger partial charge on any atom is 0 e. The van der Waals surface area contributed by atoms with Crippen LogP contribution in [0.4, 0.5) is 0 Å². The number of hydrogen-bond acceptors (Lipinski definition) is 0. The van der Waals surface area contributed by atoms with E-state index in [1.54, 1.807) is 0 Å². The molecule has 0 atom stereocenters. The second kappa shape index (κ2) is 17.7. The van der Waals surface area contributed by atoms with Crippen molar-refractivity contribution in [2.45, 2.75) is 0 Å². The molecule has 27 valence electrons. The fourth-order valence-corrected chi connectivity index (χ4v) is 0. The van der Waals surface area contributed by atoms with Crippen LogP contribution in [0.5, 0.6) is 0 Å². The predicted molar refractivity (Wildman–Crippen MR) is 0 cm³/mol. The Morgan fingerprint density at radius 3 is 1.00 bits per heavy atom. The summed E-state index contributed by atoms with van der Waals surface area (Å²) in [6.07, 6.45) is 0. The summed E-state index contributed by atoms with van der Waals surface area (Å²) in [6.45, 7) is 0. The second-order valence-corrected chi connectivity index (χ2v) is 0. The van der Waals surface area contributed by atoms with Crippen LogP contribution in [0.1, 0.15) is 0 Å². The minimum absolute atomic E-state index is 0. The molecule has 4 heteroatoms. The van der Waals surface area contributed by atoms with Crippen LogP contribution in [-0.4, -0.2) is 0 Å². The van der Waals surface area contributed by atoms with Gasteiger partial charge in [0.15, 0.2) is 0 Å². The normalized spacial score (nSPS) is 0. The zero-order valence-electron chi connectivity index (χ0n) is 1.60. The molecule has 0 heterocycles. The standard InChI is InChI=1S/Cu.Mo.Nb.V. The summed E-state index contributed by atoms with van der Waals surface area (Å²) >= 11 is 0. The molecule has 0 spiro atoms. The molecule has 0 rings (SSSR count). The van der Waals surface area contributed by atoms with Gasteiger partial charge in [-0.1, -0.05) is 0 Å². The van der Waals surface area contributed by atoms with Crippen LogP contribution < -0.4 is 0 Å². The first-order valence-electron chi connectivity index (χ1n) is 0. The van der Waals surface area contributed by atoms with Gasteiger partial charge >= 0.3 is 0 Å². The van der Waals surface area contributed by atoms with E-state index in [-0.39, 0.29) is 79.1 Å². The Morgan fingerprint density at radius 1 is 1.00 bits per heavy atom. The zero-order valence-corrected chi connectivity index (χ0v) is 8.15. The van der Waals surface area contributed by atoms with Crippen LogP contribution in [0.2, 0.25) is 0 Å². The monoisotopic (exact) mass is 305 g/mol. The summed E-state index contributed by atoms with van der Waals surface area (Å²) in [6, 6.07) is 0. The quantitative estimate of drug-likeness (QED) is 0.552. The Morgan fingerprint density at radius 2 is 1.00 bits per heavy atom. The molecule has 0 amide bonds. The smallest absolute Gasteiger partial charge is 0 e.